The molecule has 1 aliphatic rings. The molecule has 0 radical (unpaired) electrons. The molecule has 1 fully saturated rings. The number of hydrogen-bond acceptors (Lipinski definition) is 5. The summed E-state index contributed by atoms with van der Waals surface area (Å²) in [7, 11) is 2.20. The Labute approximate surface area is 148 Å². The van der Waals surface area contributed by atoms with Crippen molar-refractivity contribution in [2.75, 3.05) is 12.8 Å². The summed E-state index contributed by atoms with van der Waals surface area (Å²) in [5.74, 6) is 0.237. The minimum Gasteiger partial charge on any atom is -0.383 e. The van der Waals surface area contributed by atoms with Crippen molar-refractivity contribution >= 4 is 5.82 Å². The van der Waals surface area contributed by atoms with Gasteiger partial charge in [-0.3, -0.25) is 4.57 Å². The fourth-order valence-electron chi connectivity index (χ4n) is 3.61. The van der Waals surface area contributed by atoms with E-state index in [1.165, 1.54) is 16.6 Å². The van der Waals surface area contributed by atoms with Gasteiger partial charge in [-0.1, -0.05) is 12.1 Å². The van der Waals surface area contributed by atoms with Crippen LogP contribution in [-0.4, -0.2) is 39.6 Å². The van der Waals surface area contributed by atoms with Crippen LogP contribution in [0.1, 0.15) is 31.7 Å². The molecule has 6 heteroatoms. The molecule has 0 aliphatic heterocycles. The van der Waals surface area contributed by atoms with Crippen molar-refractivity contribution in [2.24, 2.45) is 5.73 Å². The van der Waals surface area contributed by atoms with Gasteiger partial charge in [-0.25, -0.2) is 4.79 Å². The Morgan fingerprint density at radius 2 is 2.00 bits per heavy atom. The van der Waals surface area contributed by atoms with E-state index in [0.29, 0.717) is 18.1 Å². The van der Waals surface area contributed by atoms with Gasteiger partial charge in [-0.15, -0.1) is 0 Å². The third kappa shape index (κ3) is 4.08. The van der Waals surface area contributed by atoms with Crippen molar-refractivity contribution in [3.63, 3.8) is 0 Å². The van der Waals surface area contributed by atoms with E-state index < -0.39 is 0 Å². The zero-order chi connectivity index (χ0) is 18.0. The van der Waals surface area contributed by atoms with Crippen molar-refractivity contribution in [1.29, 1.82) is 0 Å². The normalized spacial score (nSPS) is 21.6. The number of nitrogen functional groups attached to an aromatic ring is 1. The first-order valence-electron chi connectivity index (χ1n) is 8.86. The minimum absolute atomic E-state index is 0.237. The Morgan fingerprint density at radius 1 is 1.28 bits per heavy atom. The number of benzene rings is 1. The molecule has 2 aromatic rings. The SMILES string of the molecule is CC(Cc1ccc(-n2ccc(N)nc2=O)cc1)N(C)C1CCC(N)C1. The predicted molar refractivity (Wildman–Crippen MR) is 101 cm³/mol. The lowest BCUT2D eigenvalue weighted by Gasteiger charge is -2.31. The highest BCUT2D eigenvalue weighted by Gasteiger charge is 2.27. The molecule has 0 bridgehead atoms. The standard InChI is InChI=1S/C19H27N5O/c1-13(23(2)17-8-5-15(20)12-17)11-14-3-6-16(7-4-14)24-10-9-18(21)22-19(24)25/h3-4,6-7,9-10,13,15,17H,5,8,11-12,20H2,1-2H3,(H2,21,22,25). The van der Waals surface area contributed by atoms with Gasteiger partial charge in [-0.05, 0) is 63.4 Å². The summed E-state index contributed by atoms with van der Waals surface area (Å²) in [6, 6.07) is 11.1. The van der Waals surface area contributed by atoms with E-state index in [2.05, 4.69) is 36.0 Å². The van der Waals surface area contributed by atoms with E-state index in [4.69, 9.17) is 11.5 Å². The number of rotatable bonds is 5. The molecule has 3 rings (SSSR count). The second-order valence-corrected chi connectivity index (χ2v) is 7.12. The summed E-state index contributed by atoms with van der Waals surface area (Å²) in [6.45, 7) is 2.26. The summed E-state index contributed by atoms with van der Waals surface area (Å²) < 4.78 is 1.50. The van der Waals surface area contributed by atoms with Crippen molar-refractivity contribution < 1.29 is 0 Å². The third-order valence-corrected chi connectivity index (χ3v) is 5.29. The molecule has 1 heterocycles. The number of aromatic nitrogens is 2. The van der Waals surface area contributed by atoms with Gasteiger partial charge in [0.1, 0.15) is 5.82 Å². The maximum atomic E-state index is 11.9. The molecule has 0 amide bonds. The summed E-state index contributed by atoms with van der Waals surface area (Å²) in [5, 5.41) is 0. The second kappa shape index (κ2) is 7.37. The molecule has 6 nitrogen and oxygen atoms in total. The Balaban J connectivity index is 1.67. The van der Waals surface area contributed by atoms with Gasteiger partial charge < -0.3 is 16.4 Å². The molecule has 0 saturated heterocycles. The van der Waals surface area contributed by atoms with Crippen LogP contribution in [0.4, 0.5) is 5.82 Å². The Morgan fingerprint density at radius 3 is 2.60 bits per heavy atom. The second-order valence-electron chi connectivity index (χ2n) is 7.12. The maximum absolute atomic E-state index is 11.9. The first-order valence-corrected chi connectivity index (χ1v) is 8.86. The zero-order valence-corrected chi connectivity index (χ0v) is 14.9. The number of nitrogens with two attached hydrogens (primary N) is 2. The Hall–Kier alpha value is -2.18. The van der Waals surface area contributed by atoms with Gasteiger partial charge in [0.15, 0.2) is 0 Å². The quantitative estimate of drug-likeness (QED) is 0.861. The van der Waals surface area contributed by atoms with E-state index in [1.807, 2.05) is 12.1 Å². The largest absolute Gasteiger partial charge is 0.383 e. The molecular formula is C19H27N5O. The monoisotopic (exact) mass is 341 g/mol. The van der Waals surface area contributed by atoms with Gasteiger partial charge in [-0.2, -0.15) is 4.98 Å². The Kier molecular flexibility index (Phi) is 5.20. The fraction of sp³-hybridized carbons (Fsp3) is 0.474. The van der Waals surface area contributed by atoms with Crippen LogP contribution in [0.15, 0.2) is 41.3 Å². The minimum atomic E-state index is -0.363. The average molecular weight is 341 g/mol. The van der Waals surface area contributed by atoms with Crippen LogP contribution in [0.2, 0.25) is 0 Å². The van der Waals surface area contributed by atoms with E-state index in [1.54, 1.807) is 12.3 Å². The van der Waals surface area contributed by atoms with Crippen LogP contribution < -0.4 is 17.2 Å². The van der Waals surface area contributed by atoms with Crippen LogP contribution in [0.3, 0.4) is 0 Å². The summed E-state index contributed by atoms with van der Waals surface area (Å²) in [5.41, 5.74) is 13.3. The lowest BCUT2D eigenvalue weighted by Crippen LogP contribution is -2.39. The molecule has 0 spiro atoms. The van der Waals surface area contributed by atoms with Crippen molar-refractivity contribution in [3.8, 4) is 5.69 Å². The molecule has 1 saturated carbocycles. The number of anilines is 1. The lowest BCUT2D eigenvalue weighted by atomic mass is 10.0. The van der Waals surface area contributed by atoms with Crippen molar-refractivity contribution in [1.82, 2.24) is 14.5 Å². The molecule has 3 unspecified atom stereocenters. The number of likely N-dealkylation sites (N-methyl/N-ethyl adjacent to an activating group) is 1. The molecule has 4 N–H and O–H groups in total. The topological polar surface area (TPSA) is 90.2 Å². The van der Waals surface area contributed by atoms with Crippen LogP contribution >= 0.6 is 0 Å². The summed E-state index contributed by atoms with van der Waals surface area (Å²) >= 11 is 0. The third-order valence-electron chi connectivity index (χ3n) is 5.29. The van der Waals surface area contributed by atoms with Crippen LogP contribution in [0.5, 0.6) is 0 Å². The van der Waals surface area contributed by atoms with Crippen molar-refractivity contribution in [2.45, 2.75) is 50.7 Å². The van der Waals surface area contributed by atoms with Crippen LogP contribution in [-0.2, 0) is 6.42 Å². The maximum Gasteiger partial charge on any atom is 0.354 e. The molecule has 1 aromatic heterocycles. The Bertz CT molecular complexity index is 770. The molecule has 1 aliphatic carbocycles. The van der Waals surface area contributed by atoms with Gasteiger partial charge in [0, 0.05) is 24.3 Å². The number of nitrogens with zero attached hydrogens (tertiary/aromatic N) is 3. The zero-order valence-electron chi connectivity index (χ0n) is 14.9. The van der Waals surface area contributed by atoms with Crippen LogP contribution in [0.25, 0.3) is 5.69 Å². The summed E-state index contributed by atoms with van der Waals surface area (Å²) in [4.78, 5) is 18.1. The van der Waals surface area contributed by atoms with E-state index in [9.17, 15) is 4.79 Å². The number of hydrogen-bond donors (Lipinski definition) is 2. The highest BCUT2D eigenvalue weighted by atomic mass is 16.1. The van der Waals surface area contributed by atoms with E-state index in [0.717, 1.165) is 24.9 Å². The average Bonchev–Trinajstić information content (AvgIpc) is 3.01. The highest BCUT2D eigenvalue weighted by Crippen LogP contribution is 2.24. The predicted octanol–water partition coefficient (Wildman–Crippen LogP) is 1.56. The summed E-state index contributed by atoms with van der Waals surface area (Å²) in [6.07, 6.45) is 6.03. The van der Waals surface area contributed by atoms with Gasteiger partial charge in [0.2, 0.25) is 0 Å². The van der Waals surface area contributed by atoms with Crippen LogP contribution in [0, 0.1) is 0 Å². The molecule has 134 valence electrons. The smallest absolute Gasteiger partial charge is 0.354 e. The molecular weight excluding hydrogens is 314 g/mol. The van der Waals surface area contributed by atoms with Crippen molar-refractivity contribution in [3.05, 3.63) is 52.6 Å². The fourth-order valence-corrected chi connectivity index (χ4v) is 3.61. The van der Waals surface area contributed by atoms with E-state index in [-0.39, 0.29) is 11.5 Å². The van der Waals surface area contributed by atoms with Gasteiger partial charge in [0.25, 0.3) is 0 Å². The molecule has 25 heavy (non-hydrogen) atoms. The molecule has 3 atom stereocenters. The van der Waals surface area contributed by atoms with Gasteiger partial charge >= 0.3 is 5.69 Å². The first kappa shape index (κ1) is 17.6. The highest BCUT2D eigenvalue weighted by molar-refractivity contribution is 5.36. The van der Waals surface area contributed by atoms with E-state index >= 15 is 0 Å². The first-order chi connectivity index (χ1) is 11.9. The lowest BCUT2D eigenvalue weighted by molar-refractivity contribution is 0.184. The van der Waals surface area contributed by atoms with Gasteiger partial charge in [0.05, 0.1) is 5.69 Å². The molecule has 1 aromatic carbocycles.